The van der Waals surface area contributed by atoms with Gasteiger partial charge < -0.3 is 4.84 Å². The molecular formula is C12H13NO3. The number of nitrogens with zero attached hydrogens (tertiary/aromatic N) is 1. The van der Waals surface area contributed by atoms with Crippen molar-refractivity contribution in [2.75, 3.05) is 0 Å². The summed E-state index contributed by atoms with van der Waals surface area (Å²) in [6, 6.07) is 0. The van der Waals surface area contributed by atoms with Gasteiger partial charge in [-0.3, -0.25) is 4.79 Å². The number of ketones is 1. The standard InChI is InChI=1S/C12H13NO3/c1-4-5-10-7-11(13-16-9(3)14)8(2)6-12(10)15/h4-7H,1-3H3/b5-4+,13-11-. The molecule has 0 bridgehead atoms. The predicted octanol–water partition coefficient (Wildman–Crippen LogP) is 1.94. The number of hydrogen-bond donors (Lipinski definition) is 0. The number of hydrogen-bond acceptors (Lipinski definition) is 4. The van der Waals surface area contributed by atoms with E-state index in [-0.39, 0.29) is 5.78 Å². The Morgan fingerprint density at radius 1 is 1.44 bits per heavy atom. The molecule has 0 saturated heterocycles. The van der Waals surface area contributed by atoms with Gasteiger partial charge in [-0.1, -0.05) is 17.3 Å². The van der Waals surface area contributed by atoms with E-state index in [1.165, 1.54) is 13.0 Å². The van der Waals surface area contributed by atoms with Crippen LogP contribution in [0.2, 0.25) is 0 Å². The van der Waals surface area contributed by atoms with E-state index in [0.717, 1.165) is 0 Å². The lowest BCUT2D eigenvalue weighted by Gasteiger charge is -2.08. The highest BCUT2D eigenvalue weighted by molar-refractivity contribution is 6.22. The molecule has 0 aromatic heterocycles. The number of rotatable bonds is 2. The van der Waals surface area contributed by atoms with E-state index in [2.05, 4.69) is 9.99 Å². The van der Waals surface area contributed by atoms with Crippen molar-refractivity contribution in [3.05, 3.63) is 35.5 Å². The third-order valence-electron chi connectivity index (χ3n) is 1.95. The lowest BCUT2D eigenvalue weighted by molar-refractivity contribution is -0.140. The molecule has 4 nitrogen and oxygen atoms in total. The Kier molecular flexibility index (Phi) is 3.94. The molecule has 1 rings (SSSR count). The van der Waals surface area contributed by atoms with E-state index in [9.17, 15) is 9.59 Å². The van der Waals surface area contributed by atoms with Crippen LogP contribution in [0.4, 0.5) is 0 Å². The molecular weight excluding hydrogens is 206 g/mol. The highest BCUT2D eigenvalue weighted by atomic mass is 16.7. The predicted molar refractivity (Wildman–Crippen MR) is 60.9 cm³/mol. The number of carbonyl (C=O) groups is 2. The van der Waals surface area contributed by atoms with Crippen molar-refractivity contribution in [2.24, 2.45) is 5.16 Å². The van der Waals surface area contributed by atoms with Gasteiger partial charge >= 0.3 is 5.97 Å². The quantitative estimate of drug-likeness (QED) is 0.405. The van der Waals surface area contributed by atoms with Crippen molar-refractivity contribution in [1.82, 2.24) is 0 Å². The Morgan fingerprint density at radius 3 is 2.69 bits per heavy atom. The zero-order chi connectivity index (χ0) is 12.1. The molecule has 0 fully saturated rings. The fraction of sp³-hybridized carbons (Fsp3) is 0.250. The Balaban J connectivity index is 3.00. The van der Waals surface area contributed by atoms with Crippen molar-refractivity contribution in [3.8, 4) is 0 Å². The summed E-state index contributed by atoms with van der Waals surface area (Å²) in [5.41, 5.74) is 1.70. The zero-order valence-electron chi connectivity index (χ0n) is 9.48. The van der Waals surface area contributed by atoms with Crippen LogP contribution in [0, 0.1) is 0 Å². The third kappa shape index (κ3) is 3.02. The lowest BCUT2D eigenvalue weighted by Crippen LogP contribution is -2.11. The second-order valence-electron chi connectivity index (χ2n) is 3.35. The molecule has 0 aromatic rings. The third-order valence-corrected chi connectivity index (χ3v) is 1.95. The minimum absolute atomic E-state index is 0.0719. The topological polar surface area (TPSA) is 55.7 Å². The van der Waals surface area contributed by atoms with Crippen molar-refractivity contribution in [3.63, 3.8) is 0 Å². The van der Waals surface area contributed by atoms with E-state index < -0.39 is 5.97 Å². The maximum atomic E-state index is 11.5. The van der Waals surface area contributed by atoms with Crippen LogP contribution in [0.1, 0.15) is 20.8 Å². The summed E-state index contributed by atoms with van der Waals surface area (Å²) in [4.78, 5) is 26.7. The summed E-state index contributed by atoms with van der Waals surface area (Å²) in [5.74, 6) is -0.560. The maximum Gasteiger partial charge on any atom is 0.332 e. The summed E-state index contributed by atoms with van der Waals surface area (Å²) in [5, 5.41) is 3.67. The molecule has 0 atom stereocenters. The van der Waals surface area contributed by atoms with Crippen LogP contribution in [-0.4, -0.2) is 17.5 Å². The molecule has 0 heterocycles. The average Bonchev–Trinajstić information content (AvgIpc) is 2.20. The number of allylic oxidation sites excluding steroid dienone is 6. The van der Waals surface area contributed by atoms with Crippen LogP contribution in [0.3, 0.4) is 0 Å². The molecule has 0 amide bonds. The summed E-state index contributed by atoms with van der Waals surface area (Å²) < 4.78 is 0. The van der Waals surface area contributed by atoms with E-state index in [1.54, 1.807) is 25.2 Å². The molecule has 4 heteroatoms. The number of carbonyl (C=O) groups excluding carboxylic acids is 2. The Labute approximate surface area is 94.0 Å². The largest absolute Gasteiger partial charge is 0.332 e. The molecule has 0 aromatic carbocycles. The average molecular weight is 219 g/mol. The molecule has 0 aliphatic heterocycles. The second-order valence-corrected chi connectivity index (χ2v) is 3.35. The summed E-state index contributed by atoms with van der Waals surface area (Å²) in [7, 11) is 0. The first-order chi connectivity index (χ1) is 7.54. The molecule has 0 unspecified atom stereocenters. The van der Waals surface area contributed by atoms with Crippen LogP contribution >= 0.6 is 0 Å². The van der Waals surface area contributed by atoms with Gasteiger partial charge in [-0.15, -0.1) is 0 Å². The van der Waals surface area contributed by atoms with E-state index in [0.29, 0.717) is 16.9 Å². The highest BCUT2D eigenvalue weighted by Crippen LogP contribution is 2.13. The Bertz CT molecular complexity index is 439. The summed E-state index contributed by atoms with van der Waals surface area (Å²) in [6.07, 6.45) is 6.52. The van der Waals surface area contributed by atoms with Crippen molar-refractivity contribution < 1.29 is 14.4 Å². The van der Waals surface area contributed by atoms with Crippen LogP contribution < -0.4 is 0 Å². The Morgan fingerprint density at radius 2 is 2.12 bits per heavy atom. The molecule has 16 heavy (non-hydrogen) atoms. The van der Waals surface area contributed by atoms with Gasteiger partial charge in [0.2, 0.25) is 0 Å². The van der Waals surface area contributed by atoms with Gasteiger partial charge in [-0.25, -0.2) is 4.79 Å². The van der Waals surface area contributed by atoms with Crippen molar-refractivity contribution in [2.45, 2.75) is 20.8 Å². The van der Waals surface area contributed by atoms with Gasteiger partial charge in [0.15, 0.2) is 5.78 Å². The van der Waals surface area contributed by atoms with E-state index in [1.807, 2.05) is 6.92 Å². The number of oxime groups is 1. The van der Waals surface area contributed by atoms with Crippen molar-refractivity contribution in [1.29, 1.82) is 0 Å². The molecule has 0 saturated carbocycles. The summed E-state index contributed by atoms with van der Waals surface area (Å²) >= 11 is 0. The summed E-state index contributed by atoms with van der Waals surface area (Å²) in [6.45, 7) is 4.83. The van der Waals surface area contributed by atoms with Crippen LogP contribution in [-0.2, 0) is 14.4 Å². The molecule has 84 valence electrons. The van der Waals surface area contributed by atoms with Gasteiger partial charge in [0, 0.05) is 12.5 Å². The fourth-order valence-electron chi connectivity index (χ4n) is 1.21. The molecule has 0 N–H and O–H groups in total. The first kappa shape index (κ1) is 12.1. The molecule has 1 aliphatic carbocycles. The minimum Gasteiger partial charge on any atom is -0.318 e. The van der Waals surface area contributed by atoms with E-state index in [4.69, 9.17) is 0 Å². The fourth-order valence-corrected chi connectivity index (χ4v) is 1.21. The first-order valence-corrected chi connectivity index (χ1v) is 4.87. The van der Waals surface area contributed by atoms with Gasteiger partial charge in [0.1, 0.15) is 5.71 Å². The van der Waals surface area contributed by atoms with Crippen LogP contribution in [0.5, 0.6) is 0 Å². The Hall–Kier alpha value is -1.97. The first-order valence-electron chi connectivity index (χ1n) is 4.87. The van der Waals surface area contributed by atoms with Crippen LogP contribution in [0.25, 0.3) is 0 Å². The monoisotopic (exact) mass is 219 g/mol. The zero-order valence-corrected chi connectivity index (χ0v) is 9.48. The second kappa shape index (κ2) is 5.21. The van der Waals surface area contributed by atoms with Gasteiger partial charge in [-0.05, 0) is 31.6 Å². The van der Waals surface area contributed by atoms with E-state index >= 15 is 0 Å². The van der Waals surface area contributed by atoms with Gasteiger partial charge in [0.25, 0.3) is 0 Å². The smallest absolute Gasteiger partial charge is 0.318 e. The minimum atomic E-state index is -0.488. The molecule has 0 radical (unpaired) electrons. The lowest BCUT2D eigenvalue weighted by atomic mass is 9.97. The maximum absolute atomic E-state index is 11.5. The highest BCUT2D eigenvalue weighted by Gasteiger charge is 2.14. The van der Waals surface area contributed by atoms with Gasteiger partial charge in [-0.2, -0.15) is 0 Å². The van der Waals surface area contributed by atoms with Crippen molar-refractivity contribution >= 4 is 17.5 Å². The van der Waals surface area contributed by atoms with Crippen LogP contribution in [0.15, 0.2) is 40.6 Å². The SMILES string of the molecule is C/C=C/C1=CC(=N/OC(C)=O)/C(C)=CC1=O. The normalized spacial score (nSPS) is 18.7. The van der Waals surface area contributed by atoms with Gasteiger partial charge in [0.05, 0.1) is 0 Å². The molecule has 1 aliphatic rings. The molecule has 0 spiro atoms.